The highest BCUT2D eigenvalue weighted by molar-refractivity contribution is 7.26. The normalized spacial score (nSPS) is 11.4. The molecule has 0 radical (unpaired) electrons. The van der Waals surface area contributed by atoms with Crippen LogP contribution >= 0.6 is 11.3 Å². The molecule has 0 aliphatic carbocycles. The molecule has 10 aromatic carbocycles. The molecular formula is C56H37NS. The molecule has 0 fully saturated rings. The van der Waals surface area contributed by atoms with Gasteiger partial charge in [0.25, 0.3) is 0 Å². The summed E-state index contributed by atoms with van der Waals surface area (Å²) in [5.74, 6) is 0. The Balaban J connectivity index is 1.16. The second-order valence-electron chi connectivity index (χ2n) is 14.8. The maximum Gasteiger partial charge on any atom is 0.0540 e. The van der Waals surface area contributed by atoms with E-state index in [4.69, 9.17) is 0 Å². The van der Waals surface area contributed by atoms with Gasteiger partial charge in [0, 0.05) is 37.1 Å². The topological polar surface area (TPSA) is 3.24 Å². The van der Waals surface area contributed by atoms with Gasteiger partial charge in [-0.05, 0) is 96.9 Å². The van der Waals surface area contributed by atoms with E-state index >= 15 is 0 Å². The SMILES string of the molecule is c1ccc(-c2ccccc2N(c2ccc(-c3cccc4c3sc3ccccc34)cc2)c2ccc3c(c2)c(-c2ccccc2)c(-c2ccccc2)c2ccccc23)cc1. The number of rotatable bonds is 7. The van der Waals surface area contributed by atoms with E-state index in [0.29, 0.717) is 0 Å². The molecule has 0 aliphatic heterocycles. The second-order valence-corrected chi connectivity index (χ2v) is 15.9. The van der Waals surface area contributed by atoms with E-state index in [-0.39, 0.29) is 0 Å². The van der Waals surface area contributed by atoms with Crippen LogP contribution in [-0.4, -0.2) is 0 Å². The van der Waals surface area contributed by atoms with Crippen molar-refractivity contribution in [3.63, 3.8) is 0 Å². The Labute approximate surface area is 342 Å². The lowest BCUT2D eigenvalue weighted by Crippen LogP contribution is -2.11. The van der Waals surface area contributed by atoms with Crippen LogP contribution in [0.15, 0.2) is 224 Å². The second kappa shape index (κ2) is 14.4. The molecule has 0 N–H and O–H groups in total. The zero-order valence-electron chi connectivity index (χ0n) is 31.7. The summed E-state index contributed by atoms with van der Waals surface area (Å²) in [5, 5.41) is 7.59. The highest BCUT2D eigenvalue weighted by Crippen LogP contribution is 2.48. The van der Waals surface area contributed by atoms with E-state index in [9.17, 15) is 0 Å². The predicted octanol–water partition coefficient (Wildman–Crippen LogP) is 16.5. The van der Waals surface area contributed by atoms with Gasteiger partial charge in [-0.3, -0.25) is 0 Å². The first-order valence-electron chi connectivity index (χ1n) is 19.8. The number of hydrogen-bond acceptors (Lipinski definition) is 2. The highest BCUT2D eigenvalue weighted by Gasteiger charge is 2.22. The minimum absolute atomic E-state index is 1.10. The molecule has 0 saturated heterocycles. The smallest absolute Gasteiger partial charge is 0.0540 e. The zero-order chi connectivity index (χ0) is 38.4. The van der Waals surface area contributed by atoms with Crippen LogP contribution in [0.5, 0.6) is 0 Å². The first-order valence-corrected chi connectivity index (χ1v) is 20.7. The minimum atomic E-state index is 1.10. The Morgan fingerprint density at radius 3 is 1.52 bits per heavy atom. The average Bonchev–Trinajstić information content (AvgIpc) is 3.69. The van der Waals surface area contributed by atoms with Gasteiger partial charge in [0.1, 0.15) is 0 Å². The van der Waals surface area contributed by atoms with Crippen molar-refractivity contribution in [3.8, 4) is 44.5 Å². The third-order valence-electron chi connectivity index (χ3n) is 11.5. The molecule has 0 saturated carbocycles. The molecule has 11 rings (SSSR count). The van der Waals surface area contributed by atoms with E-state index < -0.39 is 0 Å². The molecule has 0 atom stereocenters. The van der Waals surface area contributed by atoms with E-state index in [1.807, 2.05) is 11.3 Å². The Morgan fingerprint density at radius 2 is 0.793 bits per heavy atom. The van der Waals surface area contributed by atoms with Gasteiger partial charge in [0.15, 0.2) is 0 Å². The van der Waals surface area contributed by atoms with Crippen molar-refractivity contribution in [2.45, 2.75) is 0 Å². The van der Waals surface area contributed by atoms with Crippen molar-refractivity contribution < 1.29 is 0 Å². The summed E-state index contributed by atoms with van der Waals surface area (Å²) >= 11 is 1.88. The number of para-hydroxylation sites is 1. The lowest BCUT2D eigenvalue weighted by atomic mass is 9.85. The van der Waals surface area contributed by atoms with Crippen LogP contribution in [0.2, 0.25) is 0 Å². The van der Waals surface area contributed by atoms with Crippen molar-refractivity contribution in [1.82, 2.24) is 0 Å². The number of thiophene rings is 1. The summed E-state index contributed by atoms with van der Waals surface area (Å²) < 4.78 is 2.65. The van der Waals surface area contributed by atoms with Gasteiger partial charge in [0.05, 0.1) is 5.69 Å². The molecule has 0 amide bonds. The third-order valence-corrected chi connectivity index (χ3v) is 12.7. The Kier molecular flexibility index (Phi) is 8.42. The number of hydrogen-bond donors (Lipinski definition) is 0. The quantitative estimate of drug-likeness (QED) is 0.146. The lowest BCUT2D eigenvalue weighted by Gasteiger charge is -2.29. The maximum atomic E-state index is 2.44. The van der Waals surface area contributed by atoms with E-state index in [2.05, 4.69) is 229 Å². The van der Waals surface area contributed by atoms with Gasteiger partial charge in [0.2, 0.25) is 0 Å². The first kappa shape index (κ1) is 34.0. The van der Waals surface area contributed by atoms with Gasteiger partial charge in [-0.1, -0.05) is 188 Å². The number of anilines is 3. The Morgan fingerprint density at radius 1 is 0.293 bits per heavy atom. The molecule has 1 heterocycles. The molecule has 58 heavy (non-hydrogen) atoms. The number of fused-ring (bicyclic) bond motifs is 6. The van der Waals surface area contributed by atoms with Gasteiger partial charge in [-0.15, -0.1) is 11.3 Å². The monoisotopic (exact) mass is 755 g/mol. The summed E-state index contributed by atoms with van der Waals surface area (Å²) in [5.41, 5.74) is 13.0. The lowest BCUT2D eigenvalue weighted by molar-refractivity contribution is 1.29. The minimum Gasteiger partial charge on any atom is -0.310 e. The van der Waals surface area contributed by atoms with Crippen molar-refractivity contribution in [3.05, 3.63) is 224 Å². The van der Waals surface area contributed by atoms with Gasteiger partial charge in [-0.25, -0.2) is 0 Å². The maximum absolute atomic E-state index is 2.44. The molecule has 0 aliphatic rings. The summed E-state index contributed by atoms with van der Waals surface area (Å²) in [7, 11) is 0. The van der Waals surface area contributed by atoms with Crippen molar-refractivity contribution in [1.29, 1.82) is 0 Å². The van der Waals surface area contributed by atoms with E-state index in [1.165, 1.54) is 86.2 Å². The molecule has 1 nitrogen and oxygen atoms in total. The Hall–Kier alpha value is -7.26. The van der Waals surface area contributed by atoms with Crippen LogP contribution in [0.4, 0.5) is 17.1 Å². The van der Waals surface area contributed by atoms with Crippen LogP contribution in [0.1, 0.15) is 0 Å². The zero-order valence-corrected chi connectivity index (χ0v) is 32.5. The number of nitrogens with zero attached hydrogens (tertiary/aromatic N) is 1. The molecule has 2 heteroatoms. The van der Waals surface area contributed by atoms with Crippen molar-refractivity contribution in [2.75, 3.05) is 4.90 Å². The predicted molar refractivity (Wildman–Crippen MR) is 251 cm³/mol. The summed E-state index contributed by atoms with van der Waals surface area (Å²) in [6, 6.07) is 81.9. The van der Waals surface area contributed by atoms with Gasteiger partial charge < -0.3 is 4.90 Å². The third kappa shape index (κ3) is 5.77. The van der Waals surface area contributed by atoms with Crippen molar-refractivity contribution >= 4 is 70.1 Å². The van der Waals surface area contributed by atoms with E-state index in [0.717, 1.165) is 17.1 Å². The largest absolute Gasteiger partial charge is 0.310 e. The molecule has 11 aromatic rings. The van der Waals surface area contributed by atoms with Crippen LogP contribution in [0, 0.1) is 0 Å². The highest BCUT2D eigenvalue weighted by atomic mass is 32.1. The molecule has 272 valence electrons. The van der Waals surface area contributed by atoms with Crippen LogP contribution in [-0.2, 0) is 0 Å². The standard InChI is InChI=1S/C56H37NS/c1-4-17-38(18-5-1)44-23-12-14-29-52(44)57(42-33-31-39(32-34-42)45-27-16-28-50-48-25-13-15-30-53(48)58-56(45)50)43-35-36-47-46-24-10-11-26-49(46)54(40-19-6-2-7-20-40)55(51(47)37-43)41-21-8-3-9-22-41/h1-37H. The summed E-state index contributed by atoms with van der Waals surface area (Å²) in [6.45, 7) is 0. The number of benzene rings is 10. The molecule has 1 aromatic heterocycles. The fraction of sp³-hybridized carbons (Fsp3) is 0. The van der Waals surface area contributed by atoms with Gasteiger partial charge in [-0.2, -0.15) is 0 Å². The fourth-order valence-corrected chi connectivity index (χ4v) is 10.1. The molecule has 0 spiro atoms. The first-order chi connectivity index (χ1) is 28.8. The van der Waals surface area contributed by atoms with Crippen LogP contribution in [0.25, 0.3) is 86.2 Å². The van der Waals surface area contributed by atoms with Crippen molar-refractivity contribution in [2.24, 2.45) is 0 Å². The summed E-state index contributed by atoms with van der Waals surface area (Å²) in [6.07, 6.45) is 0. The van der Waals surface area contributed by atoms with Gasteiger partial charge >= 0.3 is 0 Å². The van der Waals surface area contributed by atoms with Crippen LogP contribution < -0.4 is 4.90 Å². The Bertz CT molecular complexity index is 3260. The molecular weight excluding hydrogens is 719 g/mol. The van der Waals surface area contributed by atoms with Crippen LogP contribution in [0.3, 0.4) is 0 Å². The van der Waals surface area contributed by atoms with E-state index in [1.54, 1.807) is 0 Å². The molecule has 0 unspecified atom stereocenters. The fourth-order valence-electron chi connectivity index (χ4n) is 8.85. The average molecular weight is 756 g/mol. The summed E-state index contributed by atoms with van der Waals surface area (Å²) in [4.78, 5) is 2.44. The molecule has 0 bridgehead atoms.